The Morgan fingerprint density at radius 1 is 1.40 bits per heavy atom. The van der Waals surface area contributed by atoms with Gasteiger partial charge in [-0.15, -0.1) is 0 Å². The summed E-state index contributed by atoms with van der Waals surface area (Å²) in [7, 11) is 3.66. The molecule has 0 aliphatic rings. The van der Waals surface area contributed by atoms with E-state index in [0.29, 0.717) is 0 Å². The smallest absolute Gasteiger partial charge is 0.365 e. The van der Waals surface area contributed by atoms with Crippen LogP contribution in [0, 0.1) is 0 Å². The Morgan fingerprint density at radius 3 is 1.70 bits per heavy atom. The van der Waals surface area contributed by atoms with Gasteiger partial charge in [-0.1, -0.05) is 0 Å². The summed E-state index contributed by atoms with van der Waals surface area (Å²) in [5.74, 6) is -0.762. The maximum absolute atomic E-state index is 10.4. The largest absolute Gasteiger partial charge is 1.00 e. The molecule has 0 aromatic carbocycles. The van der Waals surface area contributed by atoms with Crippen molar-refractivity contribution in [2.24, 2.45) is 0 Å². The Kier molecular flexibility index (Phi) is 4.69. The first-order chi connectivity index (χ1) is 3.89. The van der Waals surface area contributed by atoms with Crippen LogP contribution >= 0.6 is 0 Å². The Labute approximate surface area is 67.4 Å². The van der Waals surface area contributed by atoms with Gasteiger partial charge in [0.1, 0.15) is 0 Å². The normalized spacial score (nSPS) is 10.9. The van der Waals surface area contributed by atoms with Gasteiger partial charge >= 0.3 is 5.97 Å². The molecule has 0 bridgehead atoms. The molecule has 10 heavy (non-hydrogen) atoms. The number of nitrogens with one attached hydrogen (secondary N) is 1. The van der Waals surface area contributed by atoms with Gasteiger partial charge in [-0.25, -0.2) is 4.79 Å². The molecule has 0 spiro atoms. The molecule has 0 unspecified atom stereocenters. The van der Waals surface area contributed by atoms with Crippen molar-refractivity contribution in [3.05, 3.63) is 0 Å². The summed E-state index contributed by atoms with van der Waals surface area (Å²) in [6.07, 6.45) is 0. The lowest BCUT2D eigenvalue weighted by Gasteiger charge is -2.23. The van der Waals surface area contributed by atoms with Gasteiger partial charge in [0.15, 0.2) is 5.54 Å². The second-order valence-corrected chi connectivity index (χ2v) is 2.93. The number of likely N-dealkylation sites (N-methyl/N-ethyl adjacent to an activating group) is 1. The highest BCUT2D eigenvalue weighted by Crippen LogP contribution is 1.93. The lowest BCUT2D eigenvalue weighted by atomic mass is 10.1. The van der Waals surface area contributed by atoms with Crippen LogP contribution in [0.15, 0.2) is 0 Å². The molecule has 0 aromatic rings. The average molecular weight is 168 g/mol. The molecule has 0 fully saturated rings. The van der Waals surface area contributed by atoms with Crippen LogP contribution in [0.3, 0.4) is 0 Å². The lowest BCUT2D eigenvalue weighted by Crippen LogP contribution is -3.15. The molecular weight excluding hydrogens is 154 g/mol. The third-order valence-electron chi connectivity index (χ3n) is 1.78. The minimum absolute atomic E-state index is 0. The number of quaternary nitrogens is 1. The number of carbonyl (C=O) groups is 1. The van der Waals surface area contributed by atoms with E-state index in [2.05, 4.69) is 0 Å². The monoisotopic (exact) mass is 167 g/mol. The standard InChI is InChI=1S/C6H13NO2.ClH/c1-6(2,5(8)9)7(3)4;/h1-4H3,(H,8,9);1H. The minimum atomic E-state index is -0.762. The number of hydrogen-bond acceptors (Lipinski definition) is 1. The molecule has 0 saturated carbocycles. The van der Waals surface area contributed by atoms with Gasteiger partial charge in [0.25, 0.3) is 0 Å². The molecule has 0 radical (unpaired) electrons. The van der Waals surface area contributed by atoms with Crippen molar-refractivity contribution in [1.82, 2.24) is 0 Å². The molecule has 0 rings (SSSR count). The zero-order valence-corrected chi connectivity index (χ0v) is 7.49. The van der Waals surface area contributed by atoms with Gasteiger partial charge in [0.05, 0.1) is 14.1 Å². The lowest BCUT2D eigenvalue weighted by molar-refractivity contribution is -0.900. The third kappa shape index (κ3) is 2.54. The second-order valence-electron chi connectivity index (χ2n) is 2.93. The number of hydrogen-bond donors (Lipinski definition) is 2. The van der Waals surface area contributed by atoms with E-state index in [1.165, 1.54) is 0 Å². The van der Waals surface area contributed by atoms with Crippen molar-refractivity contribution in [3.8, 4) is 0 Å². The first kappa shape index (κ1) is 12.4. The van der Waals surface area contributed by atoms with Gasteiger partial charge in [0.2, 0.25) is 0 Å². The van der Waals surface area contributed by atoms with Crippen LogP contribution in [-0.2, 0) is 4.79 Å². The van der Waals surface area contributed by atoms with Crippen LogP contribution < -0.4 is 17.3 Å². The highest BCUT2D eigenvalue weighted by atomic mass is 35.5. The molecule has 0 aliphatic carbocycles. The van der Waals surface area contributed by atoms with Crippen molar-refractivity contribution in [2.75, 3.05) is 14.1 Å². The van der Waals surface area contributed by atoms with E-state index in [1.54, 1.807) is 13.8 Å². The highest BCUT2D eigenvalue weighted by molar-refractivity contribution is 5.75. The third-order valence-corrected chi connectivity index (χ3v) is 1.78. The fourth-order valence-electron chi connectivity index (χ4n) is 0.214. The van der Waals surface area contributed by atoms with E-state index in [1.807, 2.05) is 14.1 Å². The van der Waals surface area contributed by atoms with Crippen molar-refractivity contribution in [1.29, 1.82) is 0 Å². The summed E-state index contributed by atoms with van der Waals surface area (Å²) in [5, 5.41) is 8.59. The van der Waals surface area contributed by atoms with Gasteiger partial charge in [-0.2, -0.15) is 0 Å². The van der Waals surface area contributed by atoms with Crippen LogP contribution in [0.25, 0.3) is 0 Å². The summed E-state index contributed by atoms with van der Waals surface area (Å²) in [5.41, 5.74) is -0.667. The Balaban J connectivity index is 0. The number of aliphatic carboxylic acids is 1. The molecule has 0 saturated heterocycles. The van der Waals surface area contributed by atoms with Crippen LogP contribution in [0.2, 0.25) is 0 Å². The van der Waals surface area contributed by atoms with Crippen LogP contribution in [0.4, 0.5) is 0 Å². The van der Waals surface area contributed by atoms with Crippen LogP contribution in [0.1, 0.15) is 13.8 Å². The van der Waals surface area contributed by atoms with E-state index in [4.69, 9.17) is 5.11 Å². The number of halogens is 1. The van der Waals surface area contributed by atoms with E-state index in [0.717, 1.165) is 4.90 Å². The zero-order chi connectivity index (χ0) is 7.65. The van der Waals surface area contributed by atoms with E-state index in [-0.39, 0.29) is 12.4 Å². The highest BCUT2D eigenvalue weighted by Gasteiger charge is 2.33. The molecule has 62 valence electrons. The van der Waals surface area contributed by atoms with E-state index in [9.17, 15) is 4.79 Å². The Morgan fingerprint density at radius 2 is 1.70 bits per heavy atom. The summed E-state index contributed by atoms with van der Waals surface area (Å²) in [6.45, 7) is 3.40. The van der Waals surface area contributed by atoms with Gasteiger partial charge in [-0.05, 0) is 0 Å². The van der Waals surface area contributed by atoms with Crippen LogP contribution in [0.5, 0.6) is 0 Å². The molecule has 2 N–H and O–H groups in total. The summed E-state index contributed by atoms with van der Waals surface area (Å²) >= 11 is 0. The minimum Gasteiger partial charge on any atom is -1.00 e. The predicted molar refractivity (Wildman–Crippen MR) is 34.5 cm³/mol. The second kappa shape index (κ2) is 3.78. The molecule has 0 atom stereocenters. The number of rotatable bonds is 2. The Bertz CT molecular complexity index is 123. The van der Waals surface area contributed by atoms with Crippen molar-refractivity contribution < 1.29 is 27.2 Å². The predicted octanol–water partition coefficient (Wildman–Crippen LogP) is -4.00. The molecule has 0 heterocycles. The zero-order valence-electron chi connectivity index (χ0n) is 6.73. The van der Waals surface area contributed by atoms with Crippen molar-refractivity contribution in [3.63, 3.8) is 0 Å². The first-order valence-corrected chi connectivity index (χ1v) is 2.93. The molecule has 0 amide bonds. The van der Waals surface area contributed by atoms with Crippen molar-refractivity contribution >= 4 is 5.97 Å². The fraction of sp³-hybridized carbons (Fsp3) is 0.833. The quantitative estimate of drug-likeness (QED) is 0.440. The summed E-state index contributed by atoms with van der Waals surface area (Å²) < 4.78 is 0. The number of carboxylic acids is 1. The van der Waals surface area contributed by atoms with Crippen LogP contribution in [-0.4, -0.2) is 30.7 Å². The van der Waals surface area contributed by atoms with Gasteiger partial charge in [0, 0.05) is 13.8 Å². The molecule has 0 aliphatic heterocycles. The first-order valence-electron chi connectivity index (χ1n) is 2.93. The average Bonchev–Trinajstić information content (AvgIpc) is 1.65. The maximum atomic E-state index is 10.4. The van der Waals surface area contributed by atoms with Gasteiger partial charge < -0.3 is 22.4 Å². The Hall–Kier alpha value is -0.280. The molecular formula is C6H14ClNO2. The summed E-state index contributed by atoms with van der Waals surface area (Å²) in [6, 6.07) is 0. The van der Waals surface area contributed by atoms with E-state index < -0.39 is 11.5 Å². The topological polar surface area (TPSA) is 41.7 Å². The SMILES string of the molecule is C[NH+](C)C(C)(C)C(=O)O.[Cl-]. The fourth-order valence-corrected chi connectivity index (χ4v) is 0.214. The van der Waals surface area contributed by atoms with Gasteiger partial charge in [-0.3, -0.25) is 0 Å². The maximum Gasteiger partial charge on any atom is 0.365 e. The van der Waals surface area contributed by atoms with E-state index >= 15 is 0 Å². The summed E-state index contributed by atoms with van der Waals surface area (Å²) in [4.78, 5) is 11.4. The molecule has 3 nitrogen and oxygen atoms in total. The molecule has 0 aromatic heterocycles. The molecule has 4 heteroatoms. The number of carboxylic acid groups (broad SMARTS) is 1. The van der Waals surface area contributed by atoms with Crippen molar-refractivity contribution in [2.45, 2.75) is 19.4 Å².